The highest BCUT2D eigenvalue weighted by atomic mass is 16.3. The van der Waals surface area contributed by atoms with Crippen LogP contribution in [-0.4, -0.2) is 47.2 Å². The molecule has 1 aliphatic carbocycles. The van der Waals surface area contributed by atoms with E-state index in [0.717, 1.165) is 45.1 Å². The van der Waals surface area contributed by atoms with E-state index in [1.165, 1.54) is 6.42 Å². The third-order valence-electron chi connectivity index (χ3n) is 4.66. The smallest absolute Gasteiger partial charge is 0.243 e. The molecule has 4 nitrogen and oxygen atoms in total. The molecule has 0 aromatic rings. The lowest BCUT2D eigenvalue weighted by atomic mass is 9.86. The Balaban J connectivity index is 2.07. The topological polar surface area (TPSA) is 52.6 Å². The first kappa shape index (κ1) is 14.8. The Bertz CT molecular complexity index is 297. The minimum absolute atomic E-state index is 0.171. The van der Waals surface area contributed by atoms with E-state index in [9.17, 15) is 4.79 Å². The van der Waals surface area contributed by atoms with Gasteiger partial charge in [-0.3, -0.25) is 4.79 Å². The van der Waals surface area contributed by atoms with Crippen LogP contribution in [0.15, 0.2) is 0 Å². The van der Waals surface area contributed by atoms with Gasteiger partial charge in [0.1, 0.15) is 0 Å². The van der Waals surface area contributed by atoms with Gasteiger partial charge in [-0.15, -0.1) is 0 Å². The predicted octanol–water partition coefficient (Wildman–Crippen LogP) is 1.67. The standard InChI is InChI=1S/C15H28N2O2/c1-2-8-15(9-4-10-16-15)14(19)17(11-5-12-18)13-6-3-7-13/h13,16,18H,2-12H2,1H3. The molecule has 0 bridgehead atoms. The average molecular weight is 268 g/mol. The lowest BCUT2D eigenvalue weighted by Crippen LogP contribution is -2.58. The molecule has 2 fully saturated rings. The number of rotatable bonds is 7. The Morgan fingerprint density at radius 1 is 1.42 bits per heavy atom. The molecule has 0 radical (unpaired) electrons. The Labute approximate surface area is 116 Å². The van der Waals surface area contributed by atoms with Crippen LogP contribution in [0.5, 0.6) is 0 Å². The van der Waals surface area contributed by atoms with Gasteiger partial charge in [0.25, 0.3) is 0 Å². The largest absolute Gasteiger partial charge is 0.396 e. The molecule has 110 valence electrons. The van der Waals surface area contributed by atoms with Gasteiger partial charge in [-0.05, 0) is 51.5 Å². The predicted molar refractivity (Wildman–Crippen MR) is 75.9 cm³/mol. The number of hydrogen-bond acceptors (Lipinski definition) is 3. The zero-order valence-electron chi connectivity index (χ0n) is 12.2. The van der Waals surface area contributed by atoms with Crippen molar-refractivity contribution in [3.05, 3.63) is 0 Å². The third kappa shape index (κ3) is 3.11. The number of nitrogens with zero attached hydrogens (tertiary/aromatic N) is 1. The normalized spacial score (nSPS) is 27.3. The summed E-state index contributed by atoms with van der Waals surface area (Å²) in [4.78, 5) is 15.0. The highest BCUT2D eigenvalue weighted by Gasteiger charge is 2.44. The summed E-state index contributed by atoms with van der Waals surface area (Å²) in [5.74, 6) is 0.296. The molecule has 4 heteroatoms. The van der Waals surface area contributed by atoms with Crippen molar-refractivity contribution in [3.63, 3.8) is 0 Å². The van der Waals surface area contributed by atoms with E-state index in [0.29, 0.717) is 24.9 Å². The average Bonchev–Trinajstić information content (AvgIpc) is 2.81. The van der Waals surface area contributed by atoms with Crippen LogP contribution in [0.1, 0.15) is 58.3 Å². The number of nitrogens with one attached hydrogen (secondary N) is 1. The Hall–Kier alpha value is -0.610. The van der Waals surface area contributed by atoms with Gasteiger partial charge in [-0.2, -0.15) is 0 Å². The number of aliphatic hydroxyl groups is 1. The Morgan fingerprint density at radius 3 is 2.68 bits per heavy atom. The molecule has 19 heavy (non-hydrogen) atoms. The lowest BCUT2D eigenvalue weighted by molar-refractivity contribution is -0.142. The van der Waals surface area contributed by atoms with Crippen LogP contribution >= 0.6 is 0 Å². The van der Waals surface area contributed by atoms with Gasteiger partial charge in [-0.25, -0.2) is 0 Å². The summed E-state index contributed by atoms with van der Waals surface area (Å²) in [5.41, 5.74) is -0.306. The van der Waals surface area contributed by atoms with Crippen molar-refractivity contribution in [2.24, 2.45) is 0 Å². The minimum atomic E-state index is -0.306. The molecule has 2 rings (SSSR count). The van der Waals surface area contributed by atoms with Crippen molar-refractivity contribution < 1.29 is 9.90 Å². The Kier molecular flexibility index (Phi) is 5.22. The van der Waals surface area contributed by atoms with Gasteiger partial charge in [0.2, 0.25) is 5.91 Å². The fourth-order valence-electron chi connectivity index (χ4n) is 3.40. The van der Waals surface area contributed by atoms with Crippen LogP contribution in [0.4, 0.5) is 0 Å². The zero-order valence-corrected chi connectivity index (χ0v) is 12.2. The summed E-state index contributed by atoms with van der Waals surface area (Å²) in [5, 5.41) is 12.5. The monoisotopic (exact) mass is 268 g/mol. The van der Waals surface area contributed by atoms with E-state index in [1.807, 2.05) is 0 Å². The molecule has 1 heterocycles. The molecular formula is C15H28N2O2. The van der Waals surface area contributed by atoms with Gasteiger partial charge in [-0.1, -0.05) is 13.3 Å². The highest BCUT2D eigenvalue weighted by Crippen LogP contribution is 2.32. The highest BCUT2D eigenvalue weighted by molar-refractivity contribution is 5.87. The molecule has 1 aliphatic heterocycles. The molecule has 1 saturated heterocycles. The summed E-state index contributed by atoms with van der Waals surface area (Å²) in [6.45, 7) is 4.00. The van der Waals surface area contributed by atoms with Crippen LogP contribution in [-0.2, 0) is 4.79 Å². The fraction of sp³-hybridized carbons (Fsp3) is 0.933. The van der Waals surface area contributed by atoms with Crippen LogP contribution in [0.25, 0.3) is 0 Å². The Morgan fingerprint density at radius 2 is 2.21 bits per heavy atom. The summed E-state index contributed by atoms with van der Waals surface area (Å²) >= 11 is 0. The maximum Gasteiger partial charge on any atom is 0.243 e. The van der Waals surface area contributed by atoms with Crippen molar-refractivity contribution in [2.75, 3.05) is 19.7 Å². The van der Waals surface area contributed by atoms with Crippen LogP contribution < -0.4 is 5.32 Å². The molecule has 1 saturated carbocycles. The molecule has 2 N–H and O–H groups in total. The van der Waals surface area contributed by atoms with Gasteiger partial charge in [0, 0.05) is 19.2 Å². The van der Waals surface area contributed by atoms with E-state index in [-0.39, 0.29) is 12.1 Å². The lowest BCUT2D eigenvalue weighted by Gasteiger charge is -2.42. The maximum absolute atomic E-state index is 13.0. The van der Waals surface area contributed by atoms with Crippen molar-refractivity contribution in [3.8, 4) is 0 Å². The van der Waals surface area contributed by atoms with Gasteiger partial charge in [0.05, 0.1) is 5.54 Å². The zero-order chi connectivity index (χ0) is 13.7. The van der Waals surface area contributed by atoms with Crippen molar-refractivity contribution >= 4 is 5.91 Å². The number of amides is 1. The molecule has 1 amide bonds. The summed E-state index contributed by atoms with van der Waals surface area (Å²) in [7, 11) is 0. The van der Waals surface area contributed by atoms with E-state index in [1.54, 1.807) is 0 Å². The van der Waals surface area contributed by atoms with Crippen LogP contribution in [0, 0.1) is 0 Å². The summed E-state index contributed by atoms with van der Waals surface area (Å²) < 4.78 is 0. The number of carbonyl (C=O) groups excluding carboxylic acids is 1. The minimum Gasteiger partial charge on any atom is -0.396 e. The molecule has 1 unspecified atom stereocenters. The first-order chi connectivity index (χ1) is 9.23. The van der Waals surface area contributed by atoms with E-state index in [4.69, 9.17) is 5.11 Å². The van der Waals surface area contributed by atoms with Crippen LogP contribution in [0.2, 0.25) is 0 Å². The van der Waals surface area contributed by atoms with Crippen molar-refractivity contribution in [1.82, 2.24) is 10.2 Å². The van der Waals surface area contributed by atoms with E-state index >= 15 is 0 Å². The number of aliphatic hydroxyl groups excluding tert-OH is 1. The third-order valence-corrected chi connectivity index (χ3v) is 4.66. The second kappa shape index (κ2) is 6.71. The van der Waals surface area contributed by atoms with E-state index in [2.05, 4.69) is 17.1 Å². The van der Waals surface area contributed by atoms with Gasteiger partial charge in [0.15, 0.2) is 0 Å². The van der Waals surface area contributed by atoms with Crippen molar-refractivity contribution in [2.45, 2.75) is 69.9 Å². The second-order valence-corrected chi connectivity index (χ2v) is 6.02. The number of carbonyl (C=O) groups is 1. The molecule has 2 aliphatic rings. The number of hydrogen-bond donors (Lipinski definition) is 2. The molecule has 0 spiro atoms. The molecular weight excluding hydrogens is 240 g/mol. The molecule has 0 aromatic heterocycles. The fourth-order valence-corrected chi connectivity index (χ4v) is 3.40. The van der Waals surface area contributed by atoms with Crippen molar-refractivity contribution in [1.29, 1.82) is 0 Å². The van der Waals surface area contributed by atoms with E-state index < -0.39 is 0 Å². The summed E-state index contributed by atoms with van der Waals surface area (Å²) in [6, 6.07) is 0.426. The second-order valence-electron chi connectivity index (χ2n) is 6.02. The summed E-state index contributed by atoms with van der Waals surface area (Å²) in [6.07, 6.45) is 8.27. The quantitative estimate of drug-likeness (QED) is 0.738. The molecule has 1 atom stereocenters. The van der Waals surface area contributed by atoms with Gasteiger partial charge < -0.3 is 15.3 Å². The molecule has 0 aromatic carbocycles. The maximum atomic E-state index is 13.0. The first-order valence-corrected chi connectivity index (χ1v) is 7.90. The SMILES string of the molecule is CCCC1(C(=O)N(CCCO)C2CCC2)CCCN1. The van der Waals surface area contributed by atoms with Gasteiger partial charge >= 0.3 is 0 Å². The first-order valence-electron chi connectivity index (χ1n) is 7.90. The van der Waals surface area contributed by atoms with Crippen LogP contribution in [0.3, 0.4) is 0 Å².